The Balaban J connectivity index is 1.97. The predicted octanol–water partition coefficient (Wildman–Crippen LogP) is 1.69. The lowest BCUT2D eigenvalue weighted by atomic mass is 9.58. The van der Waals surface area contributed by atoms with Crippen molar-refractivity contribution in [3.05, 3.63) is 0 Å². The summed E-state index contributed by atoms with van der Waals surface area (Å²) >= 11 is 0. The van der Waals surface area contributed by atoms with Gasteiger partial charge in [-0.15, -0.1) is 0 Å². The van der Waals surface area contributed by atoms with Crippen molar-refractivity contribution in [2.45, 2.75) is 26.2 Å². The number of carboxylic acids is 1. The number of hydrogen-bond acceptors (Lipinski definition) is 2. The summed E-state index contributed by atoms with van der Waals surface area (Å²) in [6.45, 7) is 4.61. The Bertz CT molecular complexity index is 254. The molecule has 4 atom stereocenters. The average Bonchev–Trinajstić information content (AvgIpc) is 2.17. The summed E-state index contributed by atoms with van der Waals surface area (Å²) in [4.78, 5) is 13.1. The van der Waals surface area contributed by atoms with Gasteiger partial charge in [0.2, 0.25) is 0 Å². The maximum atomic E-state index is 10.7. The first-order valence-electron chi connectivity index (χ1n) is 5.98. The summed E-state index contributed by atoms with van der Waals surface area (Å²) < 4.78 is 0. The zero-order valence-electron chi connectivity index (χ0n) is 9.65. The summed E-state index contributed by atoms with van der Waals surface area (Å²) in [5, 5.41) is 8.84. The maximum Gasteiger partial charge on any atom is 0.303 e. The van der Waals surface area contributed by atoms with E-state index in [2.05, 4.69) is 18.9 Å². The molecule has 0 bridgehead atoms. The van der Waals surface area contributed by atoms with E-state index in [1.54, 1.807) is 0 Å². The molecule has 86 valence electrons. The van der Waals surface area contributed by atoms with Gasteiger partial charge in [0.25, 0.3) is 0 Å². The molecule has 15 heavy (non-hydrogen) atoms. The third kappa shape index (κ3) is 2.17. The van der Waals surface area contributed by atoms with Gasteiger partial charge in [-0.2, -0.15) is 0 Å². The van der Waals surface area contributed by atoms with E-state index >= 15 is 0 Å². The molecule has 0 aromatic heterocycles. The van der Waals surface area contributed by atoms with Crippen LogP contribution in [-0.2, 0) is 4.79 Å². The Morgan fingerprint density at radius 2 is 2.27 bits per heavy atom. The highest BCUT2D eigenvalue weighted by Gasteiger charge is 2.45. The van der Waals surface area contributed by atoms with Crippen LogP contribution in [0.4, 0.5) is 0 Å². The molecule has 0 aromatic carbocycles. The standard InChI is InChI=1S/C12H21NO2/c1-8-7-13(2)4-3-9-5-10(12(8)9)6-11(14)15/h8-10,12H,3-7H2,1-2H3,(H,14,15). The van der Waals surface area contributed by atoms with Crippen molar-refractivity contribution in [3.63, 3.8) is 0 Å². The number of carboxylic acid groups (broad SMARTS) is 1. The number of rotatable bonds is 2. The summed E-state index contributed by atoms with van der Waals surface area (Å²) in [6.07, 6.45) is 2.80. The van der Waals surface area contributed by atoms with Crippen molar-refractivity contribution in [3.8, 4) is 0 Å². The molecule has 4 unspecified atom stereocenters. The van der Waals surface area contributed by atoms with E-state index in [4.69, 9.17) is 5.11 Å². The minimum absolute atomic E-state index is 0.384. The van der Waals surface area contributed by atoms with Gasteiger partial charge in [-0.3, -0.25) is 4.79 Å². The predicted molar refractivity (Wildman–Crippen MR) is 58.6 cm³/mol. The van der Waals surface area contributed by atoms with E-state index in [-0.39, 0.29) is 0 Å². The first kappa shape index (κ1) is 10.9. The second-order valence-corrected chi connectivity index (χ2v) is 5.46. The van der Waals surface area contributed by atoms with Gasteiger partial charge in [0.1, 0.15) is 0 Å². The maximum absolute atomic E-state index is 10.7. The normalized spacial score (nSPS) is 41.5. The zero-order valence-corrected chi connectivity index (χ0v) is 9.65. The topological polar surface area (TPSA) is 40.5 Å². The van der Waals surface area contributed by atoms with Gasteiger partial charge >= 0.3 is 5.97 Å². The molecule has 1 saturated carbocycles. The fourth-order valence-corrected chi connectivity index (χ4v) is 3.67. The number of nitrogens with zero attached hydrogens (tertiary/aromatic N) is 1. The molecule has 0 spiro atoms. The molecule has 0 aromatic rings. The Hall–Kier alpha value is -0.570. The monoisotopic (exact) mass is 211 g/mol. The van der Waals surface area contributed by atoms with Crippen LogP contribution in [0.2, 0.25) is 0 Å². The second-order valence-electron chi connectivity index (χ2n) is 5.46. The lowest BCUT2D eigenvalue weighted by Gasteiger charge is -2.46. The Morgan fingerprint density at radius 3 is 2.93 bits per heavy atom. The first-order valence-corrected chi connectivity index (χ1v) is 5.98. The van der Waals surface area contributed by atoms with Crippen LogP contribution in [0.3, 0.4) is 0 Å². The lowest BCUT2D eigenvalue weighted by molar-refractivity contribution is -0.141. The largest absolute Gasteiger partial charge is 0.481 e. The summed E-state index contributed by atoms with van der Waals surface area (Å²) in [5.41, 5.74) is 0. The number of fused-ring (bicyclic) bond motifs is 1. The van der Waals surface area contributed by atoms with Gasteiger partial charge in [0.15, 0.2) is 0 Å². The van der Waals surface area contributed by atoms with E-state index in [1.165, 1.54) is 13.0 Å². The molecule has 1 saturated heterocycles. The Kier molecular flexibility index (Phi) is 3.01. The highest BCUT2D eigenvalue weighted by atomic mass is 16.4. The van der Waals surface area contributed by atoms with Gasteiger partial charge in [-0.1, -0.05) is 6.92 Å². The van der Waals surface area contributed by atoms with Crippen LogP contribution in [-0.4, -0.2) is 36.1 Å². The highest BCUT2D eigenvalue weighted by Crippen LogP contribution is 2.49. The van der Waals surface area contributed by atoms with Crippen LogP contribution >= 0.6 is 0 Å². The minimum atomic E-state index is -0.622. The van der Waals surface area contributed by atoms with E-state index in [1.807, 2.05) is 0 Å². The molecule has 1 aliphatic carbocycles. The van der Waals surface area contributed by atoms with E-state index in [0.29, 0.717) is 24.2 Å². The molecule has 0 amide bonds. The quantitative estimate of drug-likeness (QED) is 0.755. The second kappa shape index (κ2) is 4.12. The number of hydrogen-bond donors (Lipinski definition) is 1. The highest BCUT2D eigenvalue weighted by molar-refractivity contribution is 5.67. The molecule has 0 radical (unpaired) electrons. The molecular formula is C12H21NO2. The summed E-state index contributed by atoms with van der Waals surface area (Å²) in [7, 11) is 2.17. The van der Waals surface area contributed by atoms with Crippen molar-refractivity contribution in [2.75, 3.05) is 20.1 Å². The van der Waals surface area contributed by atoms with Gasteiger partial charge in [0, 0.05) is 13.0 Å². The van der Waals surface area contributed by atoms with Gasteiger partial charge in [0.05, 0.1) is 0 Å². The molecule has 3 heteroatoms. The Morgan fingerprint density at radius 1 is 1.53 bits per heavy atom. The minimum Gasteiger partial charge on any atom is -0.481 e. The summed E-state index contributed by atoms with van der Waals surface area (Å²) in [5.74, 6) is 1.97. The van der Waals surface area contributed by atoms with Crippen LogP contribution in [0.5, 0.6) is 0 Å². The Labute approximate surface area is 91.5 Å². The number of likely N-dealkylation sites (tertiary alicyclic amines) is 1. The van der Waals surface area contributed by atoms with E-state index < -0.39 is 5.97 Å². The third-order valence-electron chi connectivity index (χ3n) is 4.27. The third-order valence-corrected chi connectivity index (χ3v) is 4.27. The number of carbonyl (C=O) groups is 1. The van der Waals surface area contributed by atoms with Crippen molar-refractivity contribution >= 4 is 5.97 Å². The SMILES string of the molecule is CC1CN(C)CCC2CC(CC(=O)O)C12. The molecule has 1 heterocycles. The molecule has 2 fully saturated rings. The van der Waals surface area contributed by atoms with Crippen LogP contribution in [0.15, 0.2) is 0 Å². The van der Waals surface area contributed by atoms with Crippen molar-refractivity contribution in [1.82, 2.24) is 4.90 Å². The smallest absolute Gasteiger partial charge is 0.303 e. The van der Waals surface area contributed by atoms with Crippen LogP contribution < -0.4 is 0 Å². The number of aliphatic carboxylic acids is 1. The fraction of sp³-hybridized carbons (Fsp3) is 0.917. The fourth-order valence-electron chi connectivity index (χ4n) is 3.67. The molecule has 1 aliphatic heterocycles. The molecule has 1 N–H and O–H groups in total. The van der Waals surface area contributed by atoms with Crippen LogP contribution in [0.25, 0.3) is 0 Å². The molecule has 3 nitrogen and oxygen atoms in total. The van der Waals surface area contributed by atoms with Crippen molar-refractivity contribution < 1.29 is 9.90 Å². The van der Waals surface area contributed by atoms with Crippen LogP contribution in [0, 0.1) is 23.7 Å². The van der Waals surface area contributed by atoms with E-state index in [0.717, 1.165) is 18.9 Å². The molecule has 2 aliphatic rings. The van der Waals surface area contributed by atoms with Crippen molar-refractivity contribution in [2.24, 2.45) is 23.7 Å². The van der Waals surface area contributed by atoms with Gasteiger partial charge < -0.3 is 10.0 Å². The lowest BCUT2D eigenvalue weighted by Crippen LogP contribution is -2.42. The first-order chi connectivity index (χ1) is 7.08. The average molecular weight is 211 g/mol. The zero-order chi connectivity index (χ0) is 11.0. The van der Waals surface area contributed by atoms with E-state index in [9.17, 15) is 4.79 Å². The molecule has 2 rings (SSSR count). The van der Waals surface area contributed by atoms with Crippen molar-refractivity contribution in [1.29, 1.82) is 0 Å². The van der Waals surface area contributed by atoms with Gasteiger partial charge in [-0.05, 0) is 50.1 Å². The van der Waals surface area contributed by atoms with Crippen LogP contribution in [0.1, 0.15) is 26.2 Å². The summed E-state index contributed by atoms with van der Waals surface area (Å²) in [6, 6.07) is 0. The molecular weight excluding hydrogens is 190 g/mol. The van der Waals surface area contributed by atoms with Gasteiger partial charge in [-0.25, -0.2) is 0 Å².